The van der Waals surface area contributed by atoms with Gasteiger partial charge in [-0.3, -0.25) is 14.7 Å². The van der Waals surface area contributed by atoms with Crippen LogP contribution >= 0.6 is 0 Å². The first-order valence-corrected chi connectivity index (χ1v) is 11.3. The fourth-order valence-corrected chi connectivity index (χ4v) is 5.37. The third kappa shape index (κ3) is 3.42. The number of ether oxygens (including phenoxy) is 1. The van der Waals surface area contributed by atoms with Gasteiger partial charge in [0.2, 0.25) is 11.8 Å². The molecule has 0 radical (unpaired) electrons. The maximum atomic E-state index is 14.0. The fourth-order valence-electron chi connectivity index (χ4n) is 5.37. The number of likely N-dealkylation sites (tertiary alicyclic amines) is 1. The summed E-state index contributed by atoms with van der Waals surface area (Å²) < 4.78 is 5.30. The third-order valence-corrected chi connectivity index (χ3v) is 7.07. The van der Waals surface area contributed by atoms with Crippen LogP contribution in [0.3, 0.4) is 0 Å². The summed E-state index contributed by atoms with van der Waals surface area (Å²) in [7, 11) is 1.64. The highest BCUT2D eigenvalue weighted by Gasteiger charge is 2.48. The molecule has 2 aliphatic rings. The number of hydrogen-bond acceptors (Lipinski definition) is 4. The van der Waals surface area contributed by atoms with E-state index in [1.807, 2.05) is 47.4 Å². The Morgan fingerprint density at radius 1 is 1.12 bits per heavy atom. The molecule has 32 heavy (non-hydrogen) atoms. The second kappa shape index (κ2) is 8.30. The predicted octanol–water partition coefficient (Wildman–Crippen LogP) is 4.01. The summed E-state index contributed by atoms with van der Waals surface area (Å²) in [5.41, 5.74) is 2.05. The van der Waals surface area contributed by atoms with Crippen molar-refractivity contribution in [2.24, 2.45) is 0 Å². The Balaban J connectivity index is 1.40. The number of anilines is 1. The zero-order valence-electron chi connectivity index (χ0n) is 18.3. The average Bonchev–Trinajstić information content (AvgIpc) is 3.59. The molecule has 2 N–H and O–H groups in total. The molecule has 1 aromatic heterocycles. The number of carbonyl (C=O) groups excluding carboxylic acids is 2. The summed E-state index contributed by atoms with van der Waals surface area (Å²) in [6, 6.07) is 13.1. The molecular formula is C25H28N4O3. The van der Waals surface area contributed by atoms with E-state index >= 15 is 0 Å². The molecular weight excluding hydrogens is 404 g/mol. The minimum absolute atomic E-state index is 0.0827. The van der Waals surface area contributed by atoms with Crippen LogP contribution in [-0.2, 0) is 15.0 Å². The van der Waals surface area contributed by atoms with Crippen molar-refractivity contribution in [1.82, 2.24) is 15.1 Å². The Kier molecular flexibility index (Phi) is 5.33. The van der Waals surface area contributed by atoms with E-state index in [1.165, 1.54) is 0 Å². The smallest absolute Gasteiger partial charge is 0.247 e. The Hall–Kier alpha value is -3.35. The summed E-state index contributed by atoms with van der Waals surface area (Å²) in [6.45, 7) is 0.616. The molecule has 0 bridgehead atoms. The van der Waals surface area contributed by atoms with Gasteiger partial charge in [-0.2, -0.15) is 5.10 Å². The zero-order valence-corrected chi connectivity index (χ0v) is 18.3. The van der Waals surface area contributed by atoms with Crippen LogP contribution in [0, 0.1) is 0 Å². The number of amides is 2. The normalized spacial score (nSPS) is 19.9. The summed E-state index contributed by atoms with van der Waals surface area (Å²) in [5, 5.41) is 10.9. The lowest BCUT2D eigenvalue weighted by molar-refractivity contribution is -0.141. The molecule has 2 fully saturated rings. The topological polar surface area (TPSA) is 87.3 Å². The highest BCUT2D eigenvalue weighted by molar-refractivity contribution is 6.04. The molecule has 2 aromatic carbocycles. The number of benzene rings is 2. The van der Waals surface area contributed by atoms with Crippen molar-refractivity contribution in [3.05, 3.63) is 54.2 Å². The van der Waals surface area contributed by atoms with Crippen molar-refractivity contribution in [2.75, 3.05) is 19.0 Å². The maximum absolute atomic E-state index is 14.0. The number of hydrogen-bond donors (Lipinski definition) is 2. The van der Waals surface area contributed by atoms with Crippen molar-refractivity contribution >= 4 is 28.4 Å². The average molecular weight is 433 g/mol. The first kappa shape index (κ1) is 20.5. The van der Waals surface area contributed by atoms with Gasteiger partial charge in [-0.1, -0.05) is 31.0 Å². The van der Waals surface area contributed by atoms with Crippen molar-refractivity contribution in [2.45, 2.75) is 50.0 Å². The SMILES string of the molecule is COc1ccc(C2(C(=O)N3CCC[C@@H]3C(=O)Nc3cccc4[nH]ncc34)CCCC2)cc1. The van der Waals surface area contributed by atoms with Crippen molar-refractivity contribution in [3.8, 4) is 5.75 Å². The van der Waals surface area contributed by atoms with Gasteiger partial charge in [0.1, 0.15) is 11.8 Å². The number of nitrogens with one attached hydrogen (secondary N) is 2. The van der Waals surface area contributed by atoms with E-state index in [2.05, 4.69) is 15.5 Å². The predicted molar refractivity (Wildman–Crippen MR) is 123 cm³/mol. The number of rotatable bonds is 5. The number of aromatic nitrogens is 2. The van der Waals surface area contributed by atoms with Gasteiger partial charge in [-0.05, 0) is 55.5 Å². The minimum atomic E-state index is -0.556. The second-order valence-electron chi connectivity index (χ2n) is 8.80. The van der Waals surface area contributed by atoms with Crippen LogP contribution < -0.4 is 10.1 Å². The molecule has 166 valence electrons. The lowest BCUT2D eigenvalue weighted by Gasteiger charge is -2.35. The largest absolute Gasteiger partial charge is 0.497 e. The van der Waals surface area contributed by atoms with E-state index in [1.54, 1.807) is 13.3 Å². The van der Waals surface area contributed by atoms with Gasteiger partial charge in [-0.15, -0.1) is 0 Å². The number of methoxy groups -OCH3 is 1. The Morgan fingerprint density at radius 3 is 2.66 bits per heavy atom. The van der Waals surface area contributed by atoms with Crippen molar-refractivity contribution in [1.29, 1.82) is 0 Å². The van der Waals surface area contributed by atoms with E-state index < -0.39 is 11.5 Å². The van der Waals surface area contributed by atoms with Crippen LogP contribution in [0.1, 0.15) is 44.1 Å². The lowest BCUT2D eigenvalue weighted by Crippen LogP contribution is -2.51. The van der Waals surface area contributed by atoms with Gasteiger partial charge >= 0.3 is 0 Å². The first-order valence-electron chi connectivity index (χ1n) is 11.3. The first-order chi connectivity index (χ1) is 15.6. The monoisotopic (exact) mass is 432 g/mol. The van der Waals surface area contributed by atoms with E-state index in [4.69, 9.17) is 4.74 Å². The summed E-state index contributed by atoms with van der Waals surface area (Å²) in [4.78, 5) is 29.1. The van der Waals surface area contributed by atoms with Gasteiger partial charge in [0.15, 0.2) is 0 Å². The number of H-pyrrole nitrogens is 1. The van der Waals surface area contributed by atoms with E-state index in [0.717, 1.165) is 54.3 Å². The second-order valence-corrected chi connectivity index (χ2v) is 8.80. The molecule has 1 saturated carbocycles. The van der Waals surface area contributed by atoms with Crippen LogP contribution in [0.15, 0.2) is 48.7 Å². The summed E-state index contributed by atoms with van der Waals surface area (Å²) in [6.07, 6.45) is 6.89. The van der Waals surface area contributed by atoms with Crippen LogP contribution in [0.5, 0.6) is 5.75 Å². The number of carbonyl (C=O) groups is 2. The standard InChI is InChI=1S/C25H28N4O3/c1-32-18-11-9-17(10-12-18)25(13-2-3-14-25)24(31)29-15-5-8-22(29)23(30)27-20-6-4-7-21-19(20)16-26-28-21/h4,6-7,9-12,16,22H,2-3,5,8,13-15H2,1H3,(H,26,28)(H,27,30)/t22-/m1/s1. The molecule has 1 saturated heterocycles. The van der Waals surface area contributed by atoms with Gasteiger partial charge in [-0.25, -0.2) is 0 Å². The molecule has 2 amide bonds. The van der Waals surface area contributed by atoms with Crippen LogP contribution in [0.4, 0.5) is 5.69 Å². The Morgan fingerprint density at radius 2 is 1.91 bits per heavy atom. The van der Waals surface area contributed by atoms with Crippen molar-refractivity contribution < 1.29 is 14.3 Å². The Labute approximate surface area is 187 Å². The third-order valence-electron chi connectivity index (χ3n) is 7.07. The molecule has 1 aliphatic carbocycles. The molecule has 2 heterocycles. The summed E-state index contributed by atoms with van der Waals surface area (Å²) >= 11 is 0. The highest BCUT2D eigenvalue weighted by atomic mass is 16.5. The van der Waals surface area contributed by atoms with E-state index in [-0.39, 0.29) is 11.8 Å². The van der Waals surface area contributed by atoms with Crippen molar-refractivity contribution in [3.63, 3.8) is 0 Å². The maximum Gasteiger partial charge on any atom is 0.247 e. The van der Waals surface area contributed by atoms with Crippen LogP contribution in [-0.4, -0.2) is 46.6 Å². The van der Waals surface area contributed by atoms with E-state index in [9.17, 15) is 9.59 Å². The van der Waals surface area contributed by atoms with Gasteiger partial charge < -0.3 is 15.0 Å². The summed E-state index contributed by atoms with van der Waals surface area (Å²) in [5.74, 6) is 0.730. The molecule has 0 unspecified atom stereocenters. The van der Waals surface area contributed by atoms with Crippen LogP contribution in [0.25, 0.3) is 10.9 Å². The molecule has 1 aliphatic heterocycles. The molecule has 7 heteroatoms. The van der Waals surface area contributed by atoms with Crippen LogP contribution in [0.2, 0.25) is 0 Å². The lowest BCUT2D eigenvalue weighted by atomic mass is 9.77. The molecule has 5 rings (SSSR count). The van der Waals surface area contributed by atoms with Gasteiger partial charge in [0, 0.05) is 11.9 Å². The molecule has 1 atom stereocenters. The molecule has 3 aromatic rings. The fraction of sp³-hybridized carbons (Fsp3) is 0.400. The minimum Gasteiger partial charge on any atom is -0.497 e. The number of fused-ring (bicyclic) bond motifs is 1. The quantitative estimate of drug-likeness (QED) is 0.638. The molecule has 0 spiro atoms. The number of nitrogens with zero attached hydrogens (tertiary/aromatic N) is 2. The zero-order chi connectivity index (χ0) is 22.1. The van der Waals surface area contributed by atoms with Gasteiger partial charge in [0.05, 0.1) is 29.9 Å². The van der Waals surface area contributed by atoms with E-state index in [0.29, 0.717) is 18.7 Å². The molecule has 7 nitrogen and oxygen atoms in total. The van der Waals surface area contributed by atoms with Gasteiger partial charge in [0.25, 0.3) is 0 Å². The Bertz CT molecular complexity index is 1130. The number of aromatic amines is 1. The highest BCUT2D eigenvalue weighted by Crippen LogP contribution is 2.44.